The zero-order chi connectivity index (χ0) is 11.4. The van der Waals surface area contributed by atoms with E-state index in [4.69, 9.17) is 10.5 Å². The summed E-state index contributed by atoms with van der Waals surface area (Å²) in [5.41, 5.74) is 6.41. The predicted molar refractivity (Wildman–Crippen MR) is 59.6 cm³/mol. The first-order valence-electron chi connectivity index (χ1n) is 5.20. The molecule has 0 saturated heterocycles. The molecule has 0 heterocycles. The van der Waals surface area contributed by atoms with Gasteiger partial charge in [-0.15, -0.1) is 0 Å². The molecule has 0 bridgehead atoms. The second-order valence-corrected chi connectivity index (χ2v) is 3.99. The first kappa shape index (κ1) is 12.0. The van der Waals surface area contributed by atoms with Gasteiger partial charge in [-0.1, -0.05) is 6.92 Å². The molecule has 0 aliphatic rings. The summed E-state index contributed by atoms with van der Waals surface area (Å²) in [4.78, 5) is 0. The first-order chi connectivity index (χ1) is 7.04. The number of ether oxygens (including phenoxy) is 1. The third-order valence-corrected chi connectivity index (χ3v) is 2.22. The van der Waals surface area contributed by atoms with Gasteiger partial charge in [0.25, 0.3) is 0 Å². The largest absolute Gasteiger partial charge is 0.491 e. The highest BCUT2D eigenvalue weighted by molar-refractivity contribution is 5.36. The molecule has 15 heavy (non-hydrogen) atoms. The molecule has 0 saturated carbocycles. The number of hydrogen-bond donors (Lipinski definition) is 1. The van der Waals surface area contributed by atoms with Crippen molar-refractivity contribution in [1.29, 1.82) is 0 Å². The number of benzene rings is 1. The van der Waals surface area contributed by atoms with Gasteiger partial charge in [0.1, 0.15) is 11.6 Å². The van der Waals surface area contributed by atoms with Gasteiger partial charge in [0.2, 0.25) is 0 Å². The van der Waals surface area contributed by atoms with Gasteiger partial charge in [0, 0.05) is 5.56 Å². The maximum Gasteiger partial charge on any atom is 0.123 e. The Morgan fingerprint density at radius 2 is 2.00 bits per heavy atom. The van der Waals surface area contributed by atoms with Gasteiger partial charge in [-0.05, 0) is 44.5 Å². The lowest BCUT2D eigenvalue weighted by Crippen LogP contribution is -2.13. The summed E-state index contributed by atoms with van der Waals surface area (Å²) in [7, 11) is 0. The molecule has 1 rings (SSSR count). The minimum absolute atomic E-state index is 0.0826. The number of nitrogens with two attached hydrogens (primary N) is 1. The minimum atomic E-state index is -0.249. The summed E-state index contributed by atoms with van der Waals surface area (Å²) in [5, 5.41) is 0. The van der Waals surface area contributed by atoms with Crippen LogP contribution in [0.1, 0.15) is 32.3 Å². The van der Waals surface area contributed by atoms with Crippen molar-refractivity contribution in [3.05, 3.63) is 29.6 Å². The summed E-state index contributed by atoms with van der Waals surface area (Å²) in [6.07, 6.45) is 0.0826. The maximum atomic E-state index is 13.1. The normalized spacial score (nSPS) is 12.9. The Morgan fingerprint density at radius 1 is 1.33 bits per heavy atom. The van der Waals surface area contributed by atoms with Crippen molar-refractivity contribution >= 4 is 0 Å². The van der Waals surface area contributed by atoms with Crippen LogP contribution in [-0.2, 0) is 0 Å². The molecule has 1 unspecified atom stereocenters. The van der Waals surface area contributed by atoms with Crippen molar-refractivity contribution in [2.75, 3.05) is 6.54 Å². The van der Waals surface area contributed by atoms with Crippen molar-refractivity contribution in [1.82, 2.24) is 0 Å². The van der Waals surface area contributed by atoms with Crippen LogP contribution >= 0.6 is 0 Å². The van der Waals surface area contributed by atoms with Crippen LogP contribution in [0, 0.1) is 5.82 Å². The molecule has 0 fully saturated rings. The molecular formula is C12H18FNO. The van der Waals surface area contributed by atoms with Crippen molar-refractivity contribution in [3.8, 4) is 5.75 Å². The van der Waals surface area contributed by atoms with Crippen molar-refractivity contribution < 1.29 is 9.13 Å². The lowest BCUT2D eigenvalue weighted by molar-refractivity contribution is 0.238. The van der Waals surface area contributed by atoms with Crippen molar-refractivity contribution in [2.45, 2.75) is 32.8 Å². The molecule has 1 atom stereocenters. The molecule has 0 aliphatic heterocycles. The molecule has 3 heteroatoms. The predicted octanol–water partition coefficient (Wildman–Crippen LogP) is 2.68. The van der Waals surface area contributed by atoms with E-state index in [9.17, 15) is 4.39 Å². The van der Waals surface area contributed by atoms with E-state index < -0.39 is 0 Å². The maximum absolute atomic E-state index is 13.1. The van der Waals surface area contributed by atoms with E-state index in [0.717, 1.165) is 11.3 Å². The average Bonchev–Trinajstić information content (AvgIpc) is 2.19. The van der Waals surface area contributed by atoms with Crippen LogP contribution in [0.25, 0.3) is 0 Å². The Kier molecular flexibility index (Phi) is 4.09. The van der Waals surface area contributed by atoms with Gasteiger partial charge in [0.15, 0.2) is 0 Å². The average molecular weight is 211 g/mol. The second kappa shape index (κ2) is 5.12. The molecule has 1 aromatic carbocycles. The Labute approximate surface area is 90.2 Å². The van der Waals surface area contributed by atoms with E-state index in [1.807, 2.05) is 20.8 Å². The van der Waals surface area contributed by atoms with Crippen LogP contribution in [0.5, 0.6) is 5.75 Å². The van der Waals surface area contributed by atoms with Crippen LogP contribution in [0.3, 0.4) is 0 Å². The third-order valence-electron chi connectivity index (χ3n) is 2.22. The van der Waals surface area contributed by atoms with Gasteiger partial charge < -0.3 is 10.5 Å². The SMILES string of the molecule is CC(C)Oc1ccc(F)cc1C(C)CN. The summed E-state index contributed by atoms with van der Waals surface area (Å²) < 4.78 is 18.7. The fourth-order valence-electron chi connectivity index (χ4n) is 1.39. The molecule has 84 valence electrons. The quantitative estimate of drug-likeness (QED) is 0.831. The van der Waals surface area contributed by atoms with E-state index in [1.54, 1.807) is 6.07 Å². The summed E-state index contributed by atoms with van der Waals surface area (Å²) in [6, 6.07) is 4.57. The highest BCUT2D eigenvalue weighted by Crippen LogP contribution is 2.27. The molecule has 0 amide bonds. The molecule has 0 aromatic heterocycles. The topological polar surface area (TPSA) is 35.2 Å². The Balaban J connectivity index is 3.02. The van der Waals surface area contributed by atoms with Gasteiger partial charge in [0.05, 0.1) is 6.10 Å². The molecule has 1 aromatic rings. The Hall–Kier alpha value is -1.09. The van der Waals surface area contributed by atoms with Gasteiger partial charge >= 0.3 is 0 Å². The first-order valence-corrected chi connectivity index (χ1v) is 5.20. The fraction of sp³-hybridized carbons (Fsp3) is 0.500. The second-order valence-electron chi connectivity index (χ2n) is 3.99. The van der Waals surface area contributed by atoms with Crippen LogP contribution in [0.2, 0.25) is 0 Å². The van der Waals surface area contributed by atoms with E-state index in [-0.39, 0.29) is 17.8 Å². The molecule has 0 radical (unpaired) electrons. The number of halogens is 1. The van der Waals surface area contributed by atoms with Crippen LogP contribution in [0.4, 0.5) is 4.39 Å². The summed E-state index contributed by atoms with van der Waals surface area (Å²) in [6.45, 7) is 6.33. The molecule has 0 aliphatic carbocycles. The van der Waals surface area contributed by atoms with E-state index >= 15 is 0 Å². The fourth-order valence-corrected chi connectivity index (χ4v) is 1.39. The van der Waals surface area contributed by atoms with Crippen molar-refractivity contribution in [2.24, 2.45) is 5.73 Å². The molecule has 2 nitrogen and oxygen atoms in total. The van der Waals surface area contributed by atoms with E-state index in [2.05, 4.69) is 0 Å². The van der Waals surface area contributed by atoms with Crippen molar-refractivity contribution in [3.63, 3.8) is 0 Å². The minimum Gasteiger partial charge on any atom is -0.491 e. The lowest BCUT2D eigenvalue weighted by atomic mass is 10.00. The van der Waals surface area contributed by atoms with Gasteiger partial charge in [-0.2, -0.15) is 0 Å². The van der Waals surface area contributed by atoms with Crippen LogP contribution in [-0.4, -0.2) is 12.6 Å². The monoisotopic (exact) mass is 211 g/mol. The Morgan fingerprint density at radius 3 is 2.53 bits per heavy atom. The summed E-state index contributed by atoms with van der Waals surface area (Å²) in [5.74, 6) is 0.584. The Bertz CT molecular complexity index is 325. The van der Waals surface area contributed by atoms with Crippen LogP contribution < -0.4 is 10.5 Å². The van der Waals surface area contributed by atoms with Crippen LogP contribution in [0.15, 0.2) is 18.2 Å². The zero-order valence-electron chi connectivity index (χ0n) is 9.46. The number of rotatable bonds is 4. The highest BCUT2D eigenvalue weighted by Gasteiger charge is 2.12. The molecule has 0 spiro atoms. The standard InChI is InChI=1S/C12H18FNO/c1-8(2)15-12-5-4-10(13)6-11(12)9(3)7-14/h4-6,8-9H,7,14H2,1-3H3. The molecular weight excluding hydrogens is 193 g/mol. The lowest BCUT2D eigenvalue weighted by Gasteiger charge is -2.17. The highest BCUT2D eigenvalue weighted by atomic mass is 19.1. The van der Waals surface area contributed by atoms with E-state index in [0.29, 0.717) is 6.54 Å². The molecule has 2 N–H and O–H groups in total. The number of hydrogen-bond acceptors (Lipinski definition) is 2. The van der Waals surface area contributed by atoms with Gasteiger partial charge in [-0.25, -0.2) is 4.39 Å². The summed E-state index contributed by atoms with van der Waals surface area (Å²) >= 11 is 0. The zero-order valence-corrected chi connectivity index (χ0v) is 9.46. The third kappa shape index (κ3) is 3.20. The van der Waals surface area contributed by atoms with E-state index in [1.165, 1.54) is 12.1 Å². The smallest absolute Gasteiger partial charge is 0.123 e. The van der Waals surface area contributed by atoms with Gasteiger partial charge in [-0.3, -0.25) is 0 Å².